The van der Waals surface area contributed by atoms with Crippen LogP contribution in [0, 0.1) is 0 Å². The van der Waals surface area contributed by atoms with Gasteiger partial charge in [0.2, 0.25) is 12.4 Å². The maximum Gasteiger partial charge on any atom is 0.340 e. The Morgan fingerprint density at radius 3 is 0.673 bits per heavy atom. The Kier molecular flexibility index (Phi) is 29.5. The number of benzene rings is 4. The Balaban J connectivity index is 1.94. The van der Waals surface area contributed by atoms with Crippen LogP contribution in [0.5, 0.6) is 46.0 Å². The molecule has 1 fully saturated rings. The molecule has 0 aromatic heterocycles. The fourth-order valence-electron chi connectivity index (χ4n) is 8.76. The van der Waals surface area contributed by atoms with Gasteiger partial charge in [0, 0.05) is 0 Å². The highest BCUT2D eigenvalue weighted by atomic mass is 79.9. The van der Waals surface area contributed by atoms with E-state index < -0.39 is 122 Å². The van der Waals surface area contributed by atoms with Crippen molar-refractivity contribution in [2.45, 2.75) is 336 Å². The number of halogens is 4. The van der Waals surface area contributed by atoms with Gasteiger partial charge in [-0.15, -0.1) is 0 Å². The molecular formula is C81H134Br4O17Si8. The zero-order valence-electron chi connectivity index (χ0n) is 74.1. The van der Waals surface area contributed by atoms with Crippen molar-refractivity contribution in [3.8, 4) is 46.0 Å². The zero-order chi connectivity index (χ0) is 85.4. The Labute approximate surface area is 703 Å². The molecule has 620 valence electrons. The molecule has 0 spiro atoms. The summed E-state index contributed by atoms with van der Waals surface area (Å²) in [4.78, 5) is 63.1. The quantitative estimate of drug-likeness (QED) is 0.0366. The van der Waals surface area contributed by atoms with E-state index >= 15 is 19.2 Å². The third kappa shape index (κ3) is 22.9. The summed E-state index contributed by atoms with van der Waals surface area (Å²) < 4.78 is 91.9. The number of hydrogen-bond donors (Lipinski definition) is 0. The van der Waals surface area contributed by atoms with Crippen molar-refractivity contribution in [1.29, 1.82) is 0 Å². The van der Waals surface area contributed by atoms with Crippen molar-refractivity contribution in [2.24, 2.45) is 0 Å². The Bertz CT molecular complexity index is 3790. The van der Waals surface area contributed by atoms with Crippen LogP contribution in [0.25, 0.3) is 0 Å². The van der Waals surface area contributed by atoms with E-state index in [1.165, 1.54) is 0 Å². The van der Waals surface area contributed by atoms with Crippen LogP contribution < -0.4 is 35.4 Å². The highest BCUT2D eigenvalue weighted by Crippen LogP contribution is 2.53. The summed E-state index contributed by atoms with van der Waals surface area (Å²) in [5.41, 5.74) is 0.0168. The molecule has 0 N–H and O–H groups in total. The van der Waals surface area contributed by atoms with E-state index in [0.29, 0.717) is 63.9 Å². The third-order valence-corrected chi connectivity index (χ3v) is 61.7. The van der Waals surface area contributed by atoms with Gasteiger partial charge in [0.25, 0.3) is 66.5 Å². The second-order valence-electron chi connectivity index (χ2n) is 41.8. The van der Waals surface area contributed by atoms with E-state index in [4.69, 9.17) is 59.1 Å². The van der Waals surface area contributed by atoms with E-state index in [1.54, 1.807) is 48.5 Å². The highest BCUT2D eigenvalue weighted by Gasteiger charge is 2.53. The first-order valence-electron chi connectivity index (χ1n) is 38.1. The molecule has 4 atom stereocenters. The van der Waals surface area contributed by atoms with Gasteiger partial charge < -0.3 is 59.1 Å². The SMILES string of the molecule is CC(C)(C)[Si](C)(C)Oc1cc(C(=O)OC2OC[C@@H](OC(=O)c3cc(Br)c(O[Si](C)(C)C(C)(C)C)c(O[Si](C)(C)C(C)(C)C)c3)[C@H](OC(=O)c3cc(Br)c(O[Si](C)(C)C(C)(C)C)c(O[Si](C)(C)C(C)(C)C)c3)[C@H]2OC(=O)c2cc(Br)c(O[Si](C)(C)C(C)(C)C)c(O[Si](C)(C)C(C)(C)C)c2)cc(Br)c1O[Si](C)(C)C(C)(C)C. The first kappa shape index (κ1) is 97.4. The monoisotopic (exact) mass is 1920 g/mol. The lowest BCUT2D eigenvalue weighted by molar-refractivity contribution is -0.250. The summed E-state index contributed by atoms with van der Waals surface area (Å²) in [5, 5.41) is -2.13. The number of hydrogen-bond acceptors (Lipinski definition) is 17. The van der Waals surface area contributed by atoms with Gasteiger partial charge in [-0.05, 0) is 257 Å². The molecule has 17 nitrogen and oxygen atoms in total. The van der Waals surface area contributed by atoms with Crippen LogP contribution in [-0.2, 0) is 23.7 Å². The van der Waals surface area contributed by atoms with E-state index in [0.717, 1.165) is 0 Å². The molecule has 0 bridgehead atoms. The molecule has 0 amide bonds. The van der Waals surface area contributed by atoms with Gasteiger partial charge in [0.15, 0.2) is 35.2 Å². The van der Waals surface area contributed by atoms with E-state index in [-0.39, 0.29) is 62.6 Å². The normalized spacial score (nSPS) is 17.3. The van der Waals surface area contributed by atoms with Crippen molar-refractivity contribution >= 4 is 154 Å². The number of rotatable bonds is 24. The number of ether oxygens (including phenoxy) is 5. The first-order valence-corrected chi connectivity index (χ1v) is 64.6. The lowest BCUT2D eigenvalue weighted by Crippen LogP contribution is -2.58. The van der Waals surface area contributed by atoms with Crippen molar-refractivity contribution in [2.75, 3.05) is 6.61 Å². The molecule has 1 aliphatic rings. The molecule has 5 rings (SSSR count). The largest absolute Gasteiger partial charge is 0.541 e. The molecule has 0 aliphatic carbocycles. The Hall–Kier alpha value is -3.22. The van der Waals surface area contributed by atoms with Crippen LogP contribution >= 0.6 is 63.7 Å². The highest BCUT2D eigenvalue weighted by molar-refractivity contribution is 9.11. The molecule has 0 radical (unpaired) electrons. The Morgan fingerprint density at radius 2 is 0.464 bits per heavy atom. The number of carbonyl (C=O) groups is 4. The third-order valence-electron chi connectivity index (χ3n) is 24.7. The average Bonchev–Trinajstić information content (AvgIpc) is 0.780. The zero-order valence-corrected chi connectivity index (χ0v) is 88.4. The fraction of sp³-hybridized carbons (Fsp3) is 0.654. The minimum atomic E-state index is -2.72. The number of esters is 4. The van der Waals surface area contributed by atoms with Crippen LogP contribution in [-0.4, -0.2) is 122 Å². The molecule has 4 aromatic rings. The van der Waals surface area contributed by atoms with Gasteiger partial charge in [-0.1, -0.05) is 166 Å². The van der Waals surface area contributed by atoms with Crippen LogP contribution in [0.3, 0.4) is 0 Å². The van der Waals surface area contributed by atoms with Gasteiger partial charge in [0.1, 0.15) is 23.0 Å². The molecule has 110 heavy (non-hydrogen) atoms. The minimum absolute atomic E-state index is 0.00943. The van der Waals surface area contributed by atoms with Crippen LogP contribution in [0.4, 0.5) is 0 Å². The minimum Gasteiger partial charge on any atom is -0.541 e. The van der Waals surface area contributed by atoms with Crippen molar-refractivity contribution in [1.82, 2.24) is 0 Å². The summed E-state index contributed by atoms with van der Waals surface area (Å²) in [6, 6.07) is 12.8. The maximum absolute atomic E-state index is 16.0. The second kappa shape index (κ2) is 33.3. The van der Waals surface area contributed by atoms with E-state index in [9.17, 15) is 0 Å². The fourth-order valence-corrected chi connectivity index (χ4v) is 19.6. The first-order chi connectivity index (χ1) is 48.8. The molecule has 1 unspecified atom stereocenters. The summed E-state index contributed by atoms with van der Waals surface area (Å²) in [6.07, 6.45) is -7.22. The van der Waals surface area contributed by atoms with Crippen LogP contribution in [0.1, 0.15) is 208 Å². The molecule has 0 saturated carbocycles. The average molecular weight is 1920 g/mol. The van der Waals surface area contributed by atoms with Crippen LogP contribution in [0.15, 0.2) is 66.4 Å². The van der Waals surface area contributed by atoms with Gasteiger partial charge in [-0.3, -0.25) is 0 Å². The summed E-state index contributed by atoms with van der Waals surface area (Å²) in [6.45, 7) is 84.5. The molecule has 29 heteroatoms. The van der Waals surface area contributed by atoms with Crippen molar-refractivity contribution in [3.63, 3.8) is 0 Å². The summed E-state index contributed by atoms with van der Waals surface area (Å²) >= 11 is 15.3. The molecule has 1 saturated heterocycles. The van der Waals surface area contributed by atoms with Gasteiger partial charge in [-0.25, -0.2) is 19.2 Å². The lowest BCUT2D eigenvalue weighted by Gasteiger charge is -2.41. The van der Waals surface area contributed by atoms with Gasteiger partial charge >= 0.3 is 23.9 Å². The topological polar surface area (TPSA) is 188 Å². The van der Waals surface area contributed by atoms with Gasteiger partial charge in [-0.2, -0.15) is 0 Å². The second-order valence-corrected chi connectivity index (χ2v) is 83.0. The lowest BCUT2D eigenvalue weighted by atomic mass is 10.0. The van der Waals surface area contributed by atoms with E-state index in [2.05, 4.69) is 335 Å². The molecular weight excluding hydrogens is 1790 g/mol. The molecule has 1 aliphatic heterocycles. The summed E-state index contributed by atoms with van der Waals surface area (Å²) in [5.74, 6) is -0.800. The standard InChI is InChI=1S/C81H134Br4O17Si8/c1-74(2,3)103(25,26)95-58-45-50(41-54(82)63(58)99-107(33,34)78(13,14)15)69(86)91-62-49-90-73(94-72(89)53-44-57(85)66(102-110(39,40)81(22,23)24)61(48-53)98-106(31,32)77(10,11)12)68(93-71(88)52-43-56(84)65(101-109(37,38)80(19,20)21)60(47-52)97-105(29,30)76(7,8)9)67(62)92-70(87)51-42-55(83)64(100-108(35,36)79(16,17)18)59(46-51)96-104(27,28)75(4,5)6/h41-48,62,67-68,73H,49H2,1-40H3/t62-,67+,68-,73?/m1/s1. The van der Waals surface area contributed by atoms with Gasteiger partial charge in [0.05, 0.1) is 46.8 Å². The number of carbonyl (C=O) groups excluding carboxylic acids is 4. The van der Waals surface area contributed by atoms with Crippen molar-refractivity contribution < 1.29 is 78.3 Å². The smallest absolute Gasteiger partial charge is 0.340 e. The predicted molar refractivity (Wildman–Crippen MR) is 482 cm³/mol. The molecule has 1 heterocycles. The van der Waals surface area contributed by atoms with E-state index in [1.807, 2.05) is 0 Å². The predicted octanol–water partition coefficient (Wildman–Crippen LogP) is 27.0. The molecule has 4 aromatic carbocycles. The van der Waals surface area contributed by atoms with Crippen molar-refractivity contribution in [3.05, 3.63) is 88.7 Å². The van der Waals surface area contributed by atoms with Crippen LogP contribution in [0.2, 0.25) is 145 Å². The maximum atomic E-state index is 16.0. The summed E-state index contributed by atoms with van der Waals surface area (Å²) in [7, 11) is -21.2. The Morgan fingerprint density at radius 1 is 0.282 bits per heavy atom.